The molecule has 6 heteroatoms. The summed E-state index contributed by atoms with van der Waals surface area (Å²) in [7, 11) is -2.63. The van der Waals surface area contributed by atoms with Crippen molar-refractivity contribution in [2.75, 3.05) is 13.2 Å². The minimum Gasteiger partial charge on any atom is -0.459 e. The summed E-state index contributed by atoms with van der Waals surface area (Å²) in [5.41, 5.74) is 0.555. The van der Waals surface area contributed by atoms with Gasteiger partial charge >= 0.3 is 5.97 Å². The molecular weight excluding hydrogens is 504 g/mol. The highest BCUT2D eigenvalue weighted by atomic mass is 28.4. The number of hydrogen-bond donors (Lipinski definition) is 0. The number of carbonyl (C=O) groups excluding carboxylic acids is 1. The lowest BCUT2D eigenvalue weighted by molar-refractivity contribution is -0.276. The van der Waals surface area contributed by atoms with Crippen LogP contribution in [0.15, 0.2) is 91.0 Å². The van der Waals surface area contributed by atoms with Gasteiger partial charge in [-0.3, -0.25) is 0 Å². The molecule has 5 nitrogen and oxygen atoms in total. The molecule has 2 saturated heterocycles. The summed E-state index contributed by atoms with van der Waals surface area (Å²) >= 11 is 0. The first kappa shape index (κ1) is 27.8. The average Bonchev–Trinajstić information content (AvgIpc) is 3.34. The number of hydrogen-bond acceptors (Lipinski definition) is 5. The summed E-state index contributed by atoms with van der Waals surface area (Å²) in [6.45, 7) is 7.64. The molecule has 5 rings (SSSR count). The number of carbonyl (C=O) groups is 1. The number of rotatable bonds is 8. The molecule has 1 spiro atoms. The molecule has 0 N–H and O–H groups in total. The molecule has 206 valence electrons. The Morgan fingerprint density at radius 3 is 1.90 bits per heavy atom. The molecule has 0 aromatic heterocycles. The molecule has 2 fully saturated rings. The van der Waals surface area contributed by atoms with E-state index in [2.05, 4.69) is 81.4 Å². The van der Waals surface area contributed by atoms with Crippen molar-refractivity contribution in [3.8, 4) is 0 Å². The molecule has 3 aromatic carbocycles. The zero-order chi connectivity index (χ0) is 27.3. The van der Waals surface area contributed by atoms with Crippen LogP contribution in [0.25, 0.3) is 0 Å². The first-order valence-electron chi connectivity index (χ1n) is 14.1. The summed E-state index contributed by atoms with van der Waals surface area (Å²) in [6, 6.07) is 30.5. The molecule has 0 bridgehead atoms. The number of esters is 1. The summed E-state index contributed by atoms with van der Waals surface area (Å²) in [4.78, 5) is 12.4. The van der Waals surface area contributed by atoms with Crippen molar-refractivity contribution in [2.45, 2.75) is 75.9 Å². The fourth-order valence-corrected chi connectivity index (χ4v) is 10.7. The predicted molar refractivity (Wildman–Crippen MR) is 156 cm³/mol. The van der Waals surface area contributed by atoms with Crippen LogP contribution in [-0.4, -0.2) is 45.5 Å². The molecule has 3 atom stereocenters. The van der Waals surface area contributed by atoms with Crippen LogP contribution in [0.4, 0.5) is 0 Å². The van der Waals surface area contributed by atoms with Crippen LogP contribution in [0.3, 0.4) is 0 Å². The van der Waals surface area contributed by atoms with Gasteiger partial charge in [-0.1, -0.05) is 99.6 Å². The van der Waals surface area contributed by atoms with E-state index in [1.54, 1.807) is 12.1 Å². The Bertz CT molecular complexity index is 1170. The highest BCUT2D eigenvalue weighted by Gasteiger charge is 2.51. The molecule has 39 heavy (non-hydrogen) atoms. The molecule has 3 aromatic rings. The summed E-state index contributed by atoms with van der Waals surface area (Å²) in [6.07, 6.45) is 4.22. The standard InChI is InChI=1S/C33H40O5Si/c1-32(2,3)39(29-17-9-5-10-18-29,30-19-11-6-12-20-30)36-25-27-16-13-22-33(37-27)23-21-28(38-33)24-35-31(34)26-14-7-4-8-15-26/h4-12,14-15,17-20,27-28H,13,16,21-25H2,1-3H3/t27-,28+,33+/m0/s1. The van der Waals surface area contributed by atoms with Gasteiger partial charge in [0.05, 0.1) is 24.4 Å². The molecule has 0 aliphatic carbocycles. The normalized spacial score (nSPS) is 23.6. The Kier molecular flexibility index (Phi) is 8.38. The Balaban J connectivity index is 1.27. The van der Waals surface area contributed by atoms with Gasteiger partial charge in [0.2, 0.25) is 0 Å². The summed E-state index contributed by atoms with van der Waals surface area (Å²) in [5.74, 6) is -0.942. The van der Waals surface area contributed by atoms with E-state index < -0.39 is 14.1 Å². The lowest BCUT2D eigenvalue weighted by Crippen LogP contribution is -2.67. The minimum atomic E-state index is -2.63. The first-order chi connectivity index (χ1) is 18.8. The maximum absolute atomic E-state index is 12.4. The van der Waals surface area contributed by atoms with Crippen molar-refractivity contribution in [3.05, 3.63) is 96.6 Å². The van der Waals surface area contributed by atoms with Crippen molar-refractivity contribution in [2.24, 2.45) is 0 Å². The van der Waals surface area contributed by atoms with Gasteiger partial charge in [-0.05, 0) is 46.8 Å². The van der Waals surface area contributed by atoms with Gasteiger partial charge in [0.15, 0.2) is 5.79 Å². The lowest BCUT2D eigenvalue weighted by Gasteiger charge is -2.45. The van der Waals surface area contributed by atoms with Crippen LogP contribution >= 0.6 is 0 Å². The molecule has 0 radical (unpaired) electrons. The highest BCUT2D eigenvalue weighted by Crippen LogP contribution is 2.42. The molecule has 2 aliphatic heterocycles. The smallest absolute Gasteiger partial charge is 0.338 e. The van der Waals surface area contributed by atoms with Crippen LogP contribution in [0.5, 0.6) is 0 Å². The molecule has 0 saturated carbocycles. The van der Waals surface area contributed by atoms with Gasteiger partial charge in [0.25, 0.3) is 8.32 Å². The van der Waals surface area contributed by atoms with Crippen molar-refractivity contribution < 1.29 is 23.4 Å². The van der Waals surface area contributed by atoms with Crippen LogP contribution in [0.2, 0.25) is 5.04 Å². The fourth-order valence-electron chi connectivity index (χ4n) is 6.13. The van der Waals surface area contributed by atoms with Crippen molar-refractivity contribution >= 4 is 24.7 Å². The molecule has 0 amide bonds. The zero-order valence-electron chi connectivity index (χ0n) is 23.3. The second-order valence-corrected chi connectivity index (χ2v) is 16.1. The van der Waals surface area contributed by atoms with Crippen molar-refractivity contribution in [1.82, 2.24) is 0 Å². The van der Waals surface area contributed by atoms with E-state index in [9.17, 15) is 4.79 Å². The quantitative estimate of drug-likeness (QED) is 0.263. The SMILES string of the molecule is CC(C)(C)[Si](OC[C@@H]1CCC[C@@]2(CC[C@H](COC(=O)c3ccccc3)O2)O1)(c1ccccc1)c1ccccc1. The van der Waals surface area contributed by atoms with E-state index in [0.29, 0.717) is 12.2 Å². The van der Waals surface area contributed by atoms with E-state index >= 15 is 0 Å². The van der Waals surface area contributed by atoms with Crippen LogP contribution < -0.4 is 10.4 Å². The van der Waals surface area contributed by atoms with Gasteiger partial charge in [0, 0.05) is 12.8 Å². The van der Waals surface area contributed by atoms with E-state index in [1.807, 2.05) is 18.2 Å². The van der Waals surface area contributed by atoms with Gasteiger partial charge in [-0.25, -0.2) is 4.79 Å². The maximum Gasteiger partial charge on any atom is 0.338 e. The van der Waals surface area contributed by atoms with E-state index in [0.717, 1.165) is 32.1 Å². The first-order valence-corrected chi connectivity index (χ1v) is 16.0. The molecule has 0 unspecified atom stereocenters. The predicted octanol–water partition coefficient (Wildman–Crippen LogP) is 5.86. The summed E-state index contributed by atoms with van der Waals surface area (Å²) in [5, 5.41) is 2.46. The van der Waals surface area contributed by atoms with Crippen molar-refractivity contribution in [3.63, 3.8) is 0 Å². The largest absolute Gasteiger partial charge is 0.459 e. The third-order valence-electron chi connectivity index (χ3n) is 8.01. The zero-order valence-corrected chi connectivity index (χ0v) is 24.3. The van der Waals surface area contributed by atoms with Crippen LogP contribution in [-0.2, 0) is 18.6 Å². The maximum atomic E-state index is 12.4. The summed E-state index contributed by atoms with van der Waals surface area (Å²) < 4.78 is 25.8. The second-order valence-electron chi connectivity index (χ2n) is 11.8. The van der Waals surface area contributed by atoms with Crippen LogP contribution in [0, 0.1) is 0 Å². The third kappa shape index (κ3) is 6.04. The average molecular weight is 545 g/mol. The third-order valence-corrected chi connectivity index (χ3v) is 13.0. The monoisotopic (exact) mass is 544 g/mol. The van der Waals surface area contributed by atoms with E-state index in [-0.39, 0.29) is 29.8 Å². The fraction of sp³-hybridized carbons (Fsp3) is 0.424. The van der Waals surface area contributed by atoms with Gasteiger partial charge < -0.3 is 18.6 Å². The van der Waals surface area contributed by atoms with E-state index in [1.165, 1.54) is 10.4 Å². The Morgan fingerprint density at radius 1 is 0.795 bits per heavy atom. The van der Waals surface area contributed by atoms with Gasteiger partial charge in [0.1, 0.15) is 6.61 Å². The molecule has 2 heterocycles. The highest BCUT2D eigenvalue weighted by molar-refractivity contribution is 6.99. The Labute approximate surface area is 233 Å². The van der Waals surface area contributed by atoms with Crippen LogP contribution in [0.1, 0.15) is 63.2 Å². The molecular formula is C33H40O5Si. The number of ether oxygens (including phenoxy) is 3. The molecule has 2 aliphatic rings. The Morgan fingerprint density at radius 2 is 1.33 bits per heavy atom. The lowest BCUT2D eigenvalue weighted by atomic mass is 9.99. The van der Waals surface area contributed by atoms with Gasteiger partial charge in [-0.15, -0.1) is 0 Å². The van der Waals surface area contributed by atoms with E-state index in [4.69, 9.17) is 18.6 Å². The topological polar surface area (TPSA) is 54.0 Å². The Hall–Kier alpha value is -2.77. The minimum absolute atomic E-state index is 0.0500. The second kappa shape index (κ2) is 11.8. The van der Waals surface area contributed by atoms with Crippen molar-refractivity contribution in [1.29, 1.82) is 0 Å². The number of benzene rings is 3. The van der Waals surface area contributed by atoms with Gasteiger partial charge in [-0.2, -0.15) is 0 Å².